The quantitative estimate of drug-likeness (QED) is 0.427. The van der Waals surface area contributed by atoms with Gasteiger partial charge in [0.05, 0.1) is 18.1 Å². The summed E-state index contributed by atoms with van der Waals surface area (Å²) in [6, 6.07) is 5.05. The molecule has 0 aromatic heterocycles. The third-order valence-electron chi connectivity index (χ3n) is 2.60. The highest BCUT2D eigenvalue weighted by molar-refractivity contribution is 5.48. The fourth-order valence-corrected chi connectivity index (χ4v) is 1.60. The highest BCUT2D eigenvalue weighted by Gasteiger charge is 2.16. The molecule has 0 heterocycles. The van der Waals surface area contributed by atoms with Crippen molar-refractivity contribution in [1.82, 2.24) is 5.32 Å². The number of nitrogens with one attached hydrogen (secondary N) is 1. The summed E-state index contributed by atoms with van der Waals surface area (Å²) >= 11 is 0. The molecule has 6 nitrogen and oxygen atoms in total. The number of nitro groups is 1. The molecule has 0 spiro atoms. The van der Waals surface area contributed by atoms with E-state index < -0.39 is 4.92 Å². The van der Waals surface area contributed by atoms with Crippen LogP contribution in [0.15, 0.2) is 18.2 Å². The molecular weight excluding hydrogens is 260 g/mol. The summed E-state index contributed by atoms with van der Waals surface area (Å²) in [6.45, 7) is 6.34. The van der Waals surface area contributed by atoms with E-state index in [-0.39, 0.29) is 5.69 Å². The van der Waals surface area contributed by atoms with Gasteiger partial charge in [0.1, 0.15) is 0 Å². The van der Waals surface area contributed by atoms with Crippen LogP contribution in [0.2, 0.25) is 0 Å². The van der Waals surface area contributed by atoms with Crippen LogP contribution >= 0.6 is 0 Å². The number of hydrogen-bond acceptors (Lipinski definition) is 5. The van der Waals surface area contributed by atoms with E-state index in [2.05, 4.69) is 5.32 Å². The molecule has 1 rings (SSSR count). The number of ether oxygens (including phenoxy) is 2. The average Bonchev–Trinajstić information content (AvgIpc) is 2.41. The van der Waals surface area contributed by atoms with Gasteiger partial charge in [0, 0.05) is 26.3 Å². The van der Waals surface area contributed by atoms with Crippen LogP contribution in [0, 0.1) is 16.0 Å². The summed E-state index contributed by atoms with van der Waals surface area (Å²) in [7, 11) is 1.63. The van der Waals surface area contributed by atoms with Crippen LogP contribution in [0.1, 0.15) is 19.4 Å². The van der Waals surface area contributed by atoms with E-state index in [4.69, 9.17) is 9.47 Å². The zero-order valence-corrected chi connectivity index (χ0v) is 12.2. The SMILES string of the molecule is COCCNCc1ccc(OCC(C)C)c([N+](=O)[O-])c1. The molecule has 1 aromatic carbocycles. The Balaban J connectivity index is 2.71. The van der Waals surface area contributed by atoms with E-state index in [0.29, 0.717) is 38.0 Å². The van der Waals surface area contributed by atoms with Crippen molar-refractivity contribution in [2.24, 2.45) is 5.92 Å². The Hall–Kier alpha value is -1.66. The summed E-state index contributed by atoms with van der Waals surface area (Å²) in [5, 5.41) is 14.2. The number of nitrogens with zero attached hydrogens (tertiary/aromatic N) is 1. The van der Waals surface area contributed by atoms with Gasteiger partial charge in [-0.3, -0.25) is 10.1 Å². The lowest BCUT2D eigenvalue weighted by Gasteiger charge is -2.10. The maximum Gasteiger partial charge on any atom is 0.311 e. The lowest BCUT2D eigenvalue weighted by molar-refractivity contribution is -0.386. The monoisotopic (exact) mass is 282 g/mol. The second-order valence-corrected chi connectivity index (χ2v) is 4.93. The molecule has 0 bridgehead atoms. The maximum atomic E-state index is 11.1. The standard InChI is InChI=1S/C14H22N2O4/c1-11(2)10-20-14-5-4-12(8-13(14)16(17)18)9-15-6-7-19-3/h4-5,8,11,15H,6-7,9-10H2,1-3H3. The summed E-state index contributed by atoms with van der Waals surface area (Å²) in [5.41, 5.74) is 0.862. The van der Waals surface area contributed by atoms with Crippen molar-refractivity contribution in [3.05, 3.63) is 33.9 Å². The highest BCUT2D eigenvalue weighted by Crippen LogP contribution is 2.28. The van der Waals surface area contributed by atoms with Gasteiger partial charge < -0.3 is 14.8 Å². The molecular formula is C14H22N2O4. The van der Waals surface area contributed by atoms with Crippen LogP contribution in [0.5, 0.6) is 5.75 Å². The van der Waals surface area contributed by atoms with E-state index in [1.165, 1.54) is 0 Å². The van der Waals surface area contributed by atoms with Crippen molar-refractivity contribution in [2.45, 2.75) is 20.4 Å². The molecule has 1 N–H and O–H groups in total. The van der Waals surface area contributed by atoms with Gasteiger partial charge in [0.25, 0.3) is 0 Å². The second-order valence-electron chi connectivity index (χ2n) is 4.93. The zero-order chi connectivity index (χ0) is 15.0. The van der Waals surface area contributed by atoms with Crippen LogP contribution < -0.4 is 10.1 Å². The van der Waals surface area contributed by atoms with Crippen molar-refractivity contribution in [3.63, 3.8) is 0 Å². The minimum Gasteiger partial charge on any atom is -0.487 e. The number of nitro benzene ring substituents is 1. The fourth-order valence-electron chi connectivity index (χ4n) is 1.60. The molecule has 0 atom stereocenters. The number of benzene rings is 1. The third-order valence-corrected chi connectivity index (χ3v) is 2.60. The Kier molecular flexibility index (Phi) is 6.97. The topological polar surface area (TPSA) is 73.6 Å². The number of methoxy groups -OCH3 is 1. The Labute approximate surface area is 119 Å². The smallest absolute Gasteiger partial charge is 0.311 e. The summed E-state index contributed by atoms with van der Waals surface area (Å²) in [4.78, 5) is 10.7. The third kappa shape index (κ3) is 5.54. The summed E-state index contributed by atoms with van der Waals surface area (Å²) in [5.74, 6) is 0.648. The summed E-state index contributed by atoms with van der Waals surface area (Å²) < 4.78 is 10.4. The second kappa shape index (κ2) is 8.50. The lowest BCUT2D eigenvalue weighted by atomic mass is 10.2. The molecule has 1 aromatic rings. The van der Waals surface area contributed by atoms with Crippen molar-refractivity contribution >= 4 is 5.69 Å². The van der Waals surface area contributed by atoms with Gasteiger partial charge in [-0.05, 0) is 17.5 Å². The van der Waals surface area contributed by atoms with E-state index in [9.17, 15) is 10.1 Å². The van der Waals surface area contributed by atoms with Crippen LogP contribution in [0.3, 0.4) is 0 Å². The first-order valence-corrected chi connectivity index (χ1v) is 6.64. The molecule has 20 heavy (non-hydrogen) atoms. The van der Waals surface area contributed by atoms with Crippen LogP contribution in [-0.4, -0.2) is 31.8 Å². The van der Waals surface area contributed by atoms with Gasteiger partial charge in [-0.2, -0.15) is 0 Å². The Bertz CT molecular complexity index is 435. The molecule has 0 radical (unpaired) electrons. The normalized spacial score (nSPS) is 10.8. The lowest BCUT2D eigenvalue weighted by Crippen LogP contribution is -2.18. The van der Waals surface area contributed by atoms with E-state index >= 15 is 0 Å². The predicted octanol–water partition coefficient (Wildman–Crippen LogP) is 2.37. The van der Waals surface area contributed by atoms with Gasteiger partial charge in [-0.25, -0.2) is 0 Å². The predicted molar refractivity (Wildman–Crippen MR) is 77.0 cm³/mol. The van der Waals surface area contributed by atoms with Crippen molar-refractivity contribution in [2.75, 3.05) is 26.9 Å². The first kappa shape index (κ1) is 16.4. The van der Waals surface area contributed by atoms with Gasteiger partial charge in [-0.1, -0.05) is 19.9 Å². The van der Waals surface area contributed by atoms with Gasteiger partial charge in [0.2, 0.25) is 0 Å². The van der Waals surface area contributed by atoms with Gasteiger partial charge in [0.15, 0.2) is 5.75 Å². The van der Waals surface area contributed by atoms with E-state index in [0.717, 1.165) is 5.56 Å². The molecule has 0 saturated carbocycles. The van der Waals surface area contributed by atoms with Crippen molar-refractivity contribution in [1.29, 1.82) is 0 Å². The van der Waals surface area contributed by atoms with E-state index in [1.54, 1.807) is 19.2 Å². The summed E-state index contributed by atoms with van der Waals surface area (Å²) in [6.07, 6.45) is 0. The first-order valence-electron chi connectivity index (χ1n) is 6.64. The number of hydrogen-bond donors (Lipinski definition) is 1. The molecule has 0 fully saturated rings. The number of rotatable bonds is 9. The Morgan fingerprint density at radius 2 is 2.15 bits per heavy atom. The maximum absolute atomic E-state index is 11.1. The van der Waals surface area contributed by atoms with Crippen molar-refractivity contribution < 1.29 is 14.4 Å². The minimum absolute atomic E-state index is 0.0108. The molecule has 112 valence electrons. The van der Waals surface area contributed by atoms with Gasteiger partial charge in [-0.15, -0.1) is 0 Å². The van der Waals surface area contributed by atoms with Crippen LogP contribution in [0.4, 0.5) is 5.69 Å². The molecule has 0 aliphatic heterocycles. The molecule has 0 aliphatic carbocycles. The first-order chi connectivity index (χ1) is 9.54. The average molecular weight is 282 g/mol. The zero-order valence-electron chi connectivity index (χ0n) is 12.2. The van der Waals surface area contributed by atoms with Crippen LogP contribution in [0.25, 0.3) is 0 Å². The fraction of sp³-hybridized carbons (Fsp3) is 0.571. The van der Waals surface area contributed by atoms with Crippen molar-refractivity contribution in [3.8, 4) is 5.75 Å². The molecule has 0 amide bonds. The van der Waals surface area contributed by atoms with Crippen LogP contribution in [-0.2, 0) is 11.3 Å². The highest BCUT2D eigenvalue weighted by atomic mass is 16.6. The van der Waals surface area contributed by atoms with E-state index in [1.807, 2.05) is 19.9 Å². The largest absolute Gasteiger partial charge is 0.487 e. The molecule has 0 unspecified atom stereocenters. The molecule has 6 heteroatoms. The Morgan fingerprint density at radius 3 is 2.75 bits per heavy atom. The Morgan fingerprint density at radius 1 is 1.40 bits per heavy atom. The molecule has 0 aliphatic rings. The molecule has 0 saturated heterocycles. The van der Waals surface area contributed by atoms with Gasteiger partial charge >= 0.3 is 5.69 Å². The minimum atomic E-state index is -0.408.